The molecule has 0 radical (unpaired) electrons. The number of benzene rings is 7. The van der Waals surface area contributed by atoms with Crippen LogP contribution in [-0.2, 0) is 0 Å². The molecule has 0 N–H and O–H groups in total. The summed E-state index contributed by atoms with van der Waals surface area (Å²) in [6.45, 7) is 0. The van der Waals surface area contributed by atoms with Crippen LogP contribution in [0.5, 0.6) is 0 Å². The Bertz CT molecular complexity index is 1890. The van der Waals surface area contributed by atoms with Crippen LogP contribution in [0.25, 0.3) is 43.8 Å². The van der Waals surface area contributed by atoms with Crippen molar-refractivity contribution in [1.82, 2.24) is 0 Å². The zero-order valence-electron chi connectivity index (χ0n) is 21.5. The maximum absolute atomic E-state index is 2.40. The molecule has 0 spiro atoms. The van der Waals surface area contributed by atoms with Crippen LogP contribution in [-0.4, -0.2) is 0 Å². The Morgan fingerprint density at radius 1 is 0.308 bits per heavy atom. The minimum atomic E-state index is 1.13. The van der Waals surface area contributed by atoms with E-state index in [1.165, 1.54) is 49.5 Å². The molecule has 0 saturated heterocycles. The van der Waals surface area contributed by atoms with E-state index in [4.69, 9.17) is 0 Å². The van der Waals surface area contributed by atoms with Gasteiger partial charge in [-0.25, -0.2) is 0 Å². The largest absolute Gasteiger partial charge is 0.310 e. The maximum Gasteiger partial charge on any atom is 0.0546 e. The Labute approximate surface area is 229 Å². The second-order valence-electron chi connectivity index (χ2n) is 9.83. The van der Waals surface area contributed by atoms with E-state index >= 15 is 0 Å². The number of rotatable bonds is 5. The molecule has 7 aromatic rings. The van der Waals surface area contributed by atoms with Crippen LogP contribution in [0.1, 0.15) is 0 Å². The third-order valence-electron chi connectivity index (χ3n) is 7.43. The summed E-state index contributed by atoms with van der Waals surface area (Å²) in [5.74, 6) is 0. The molecule has 0 amide bonds. The van der Waals surface area contributed by atoms with E-state index < -0.39 is 0 Å². The topological polar surface area (TPSA) is 3.24 Å². The molecule has 39 heavy (non-hydrogen) atoms. The second kappa shape index (κ2) is 9.96. The van der Waals surface area contributed by atoms with Crippen molar-refractivity contribution in [3.05, 3.63) is 164 Å². The number of hydrogen-bond donors (Lipinski definition) is 0. The summed E-state index contributed by atoms with van der Waals surface area (Å²) in [5, 5.41) is 5.00. The second-order valence-corrected chi connectivity index (χ2v) is 9.83. The van der Waals surface area contributed by atoms with Crippen molar-refractivity contribution in [2.75, 3.05) is 4.90 Å². The number of hydrogen-bond acceptors (Lipinski definition) is 1. The molecule has 0 aliphatic heterocycles. The van der Waals surface area contributed by atoms with Gasteiger partial charge in [-0.2, -0.15) is 0 Å². The Morgan fingerprint density at radius 3 is 1.56 bits per heavy atom. The van der Waals surface area contributed by atoms with Gasteiger partial charge >= 0.3 is 0 Å². The minimum Gasteiger partial charge on any atom is -0.310 e. The first-order valence-electron chi connectivity index (χ1n) is 13.4. The molecule has 0 atom stereocenters. The van der Waals surface area contributed by atoms with Gasteiger partial charge in [-0.3, -0.25) is 0 Å². The van der Waals surface area contributed by atoms with Gasteiger partial charge in [-0.05, 0) is 68.7 Å². The highest BCUT2D eigenvalue weighted by Crippen LogP contribution is 2.43. The van der Waals surface area contributed by atoms with Crippen LogP contribution in [0.3, 0.4) is 0 Å². The van der Waals surface area contributed by atoms with E-state index in [0.29, 0.717) is 0 Å². The van der Waals surface area contributed by atoms with Crippen molar-refractivity contribution in [2.45, 2.75) is 0 Å². The summed E-state index contributed by atoms with van der Waals surface area (Å²) in [6, 6.07) is 58.7. The quantitative estimate of drug-likeness (QED) is 0.214. The van der Waals surface area contributed by atoms with Gasteiger partial charge in [0.25, 0.3) is 0 Å². The average molecular weight is 498 g/mol. The monoisotopic (exact) mass is 497 g/mol. The van der Waals surface area contributed by atoms with Gasteiger partial charge in [0.2, 0.25) is 0 Å². The summed E-state index contributed by atoms with van der Waals surface area (Å²) in [5.41, 5.74) is 8.26. The fourth-order valence-corrected chi connectivity index (χ4v) is 5.54. The highest BCUT2D eigenvalue weighted by molar-refractivity contribution is 6.14. The average Bonchev–Trinajstić information content (AvgIpc) is 3.03. The molecule has 0 unspecified atom stereocenters. The zero-order valence-corrected chi connectivity index (χ0v) is 21.5. The van der Waals surface area contributed by atoms with Crippen molar-refractivity contribution >= 4 is 38.6 Å². The molecule has 7 aromatic carbocycles. The minimum absolute atomic E-state index is 1.13. The normalized spacial score (nSPS) is 11.1. The van der Waals surface area contributed by atoms with Gasteiger partial charge in [-0.1, -0.05) is 133 Å². The lowest BCUT2D eigenvalue weighted by Crippen LogP contribution is -2.10. The molecular weight excluding hydrogens is 470 g/mol. The molecule has 0 fully saturated rings. The van der Waals surface area contributed by atoms with E-state index in [1.54, 1.807) is 0 Å². The zero-order chi connectivity index (χ0) is 26.0. The lowest BCUT2D eigenvalue weighted by Gasteiger charge is -2.28. The highest BCUT2D eigenvalue weighted by atomic mass is 15.1. The van der Waals surface area contributed by atoms with E-state index in [9.17, 15) is 0 Å². The van der Waals surface area contributed by atoms with Crippen molar-refractivity contribution in [2.24, 2.45) is 0 Å². The molecular formula is C38H27N. The molecule has 184 valence electrons. The lowest BCUT2D eigenvalue weighted by atomic mass is 9.98. The van der Waals surface area contributed by atoms with Crippen LogP contribution in [0.15, 0.2) is 164 Å². The van der Waals surface area contributed by atoms with Crippen LogP contribution < -0.4 is 4.90 Å². The van der Waals surface area contributed by atoms with Gasteiger partial charge in [-0.15, -0.1) is 0 Å². The first-order valence-corrected chi connectivity index (χ1v) is 13.4. The fraction of sp³-hybridized carbons (Fsp3) is 0. The van der Waals surface area contributed by atoms with Crippen LogP contribution in [0.4, 0.5) is 17.1 Å². The predicted octanol–water partition coefficient (Wildman–Crippen LogP) is 10.8. The third-order valence-corrected chi connectivity index (χ3v) is 7.43. The first-order chi connectivity index (χ1) is 19.3. The summed E-state index contributed by atoms with van der Waals surface area (Å²) >= 11 is 0. The highest BCUT2D eigenvalue weighted by Gasteiger charge is 2.18. The van der Waals surface area contributed by atoms with Crippen LogP contribution in [0, 0.1) is 0 Å². The van der Waals surface area contributed by atoms with Gasteiger partial charge in [0.1, 0.15) is 0 Å². The number of nitrogens with zero attached hydrogens (tertiary/aromatic N) is 1. The molecule has 0 saturated carbocycles. The Hall–Kier alpha value is -5.14. The Kier molecular flexibility index (Phi) is 5.88. The molecule has 1 heteroatoms. The fourth-order valence-electron chi connectivity index (χ4n) is 5.54. The van der Waals surface area contributed by atoms with Crippen molar-refractivity contribution in [1.29, 1.82) is 0 Å². The van der Waals surface area contributed by atoms with E-state index in [0.717, 1.165) is 11.4 Å². The number of fused-ring (bicyclic) bond motifs is 3. The standard InChI is InChI=1S/C38H27N/c1-3-12-28(13-4-1)30-22-24-33(25-23-30)39(34-18-11-17-31(26-34)29-14-5-2-6-15-29)38-27-32-16-7-8-19-35(32)36-20-9-10-21-37(36)38/h1-27H. The SMILES string of the molecule is c1ccc(-c2ccc(N(c3cccc(-c4ccccc4)c3)c3cc4ccccc4c4ccccc34)cc2)cc1. The summed E-state index contributed by atoms with van der Waals surface area (Å²) < 4.78 is 0. The van der Waals surface area contributed by atoms with Crippen LogP contribution in [0.2, 0.25) is 0 Å². The third kappa shape index (κ3) is 4.35. The van der Waals surface area contributed by atoms with E-state index in [-0.39, 0.29) is 0 Å². The Morgan fingerprint density at radius 2 is 0.846 bits per heavy atom. The van der Waals surface area contributed by atoms with E-state index in [2.05, 4.69) is 169 Å². The molecule has 0 aliphatic carbocycles. The van der Waals surface area contributed by atoms with Crippen molar-refractivity contribution < 1.29 is 0 Å². The summed E-state index contributed by atoms with van der Waals surface area (Å²) in [6.07, 6.45) is 0. The molecule has 0 bridgehead atoms. The Balaban J connectivity index is 1.46. The molecule has 7 rings (SSSR count). The molecule has 1 nitrogen and oxygen atoms in total. The van der Waals surface area contributed by atoms with Gasteiger partial charge in [0, 0.05) is 16.8 Å². The van der Waals surface area contributed by atoms with Crippen molar-refractivity contribution in [3.63, 3.8) is 0 Å². The summed E-state index contributed by atoms with van der Waals surface area (Å²) in [7, 11) is 0. The number of anilines is 3. The maximum atomic E-state index is 2.40. The first kappa shape index (κ1) is 23.0. The predicted molar refractivity (Wildman–Crippen MR) is 167 cm³/mol. The lowest BCUT2D eigenvalue weighted by molar-refractivity contribution is 1.30. The van der Waals surface area contributed by atoms with Gasteiger partial charge in [0.15, 0.2) is 0 Å². The van der Waals surface area contributed by atoms with E-state index in [1.807, 2.05) is 0 Å². The summed E-state index contributed by atoms with van der Waals surface area (Å²) in [4.78, 5) is 2.40. The van der Waals surface area contributed by atoms with Gasteiger partial charge in [0.05, 0.1) is 5.69 Å². The molecule has 0 heterocycles. The van der Waals surface area contributed by atoms with Crippen molar-refractivity contribution in [3.8, 4) is 22.3 Å². The molecule has 0 aromatic heterocycles. The smallest absolute Gasteiger partial charge is 0.0546 e. The van der Waals surface area contributed by atoms with Gasteiger partial charge < -0.3 is 4.90 Å². The molecule has 0 aliphatic rings. The van der Waals surface area contributed by atoms with Crippen LogP contribution >= 0.6 is 0 Å².